The maximum atomic E-state index is 12.2. The van der Waals surface area contributed by atoms with Gasteiger partial charge in [-0.2, -0.15) is 0 Å². The van der Waals surface area contributed by atoms with Gasteiger partial charge in [0.2, 0.25) is 0 Å². The van der Waals surface area contributed by atoms with Crippen LogP contribution in [-0.2, 0) is 14.3 Å². The zero-order chi connectivity index (χ0) is 19.3. The van der Waals surface area contributed by atoms with Crippen LogP contribution in [0.25, 0.3) is 0 Å². The molecule has 8 nitrogen and oxygen atoms in total. The summed E-state index contributed by atoms with van der Waals surface area (Å²) in [5.41, 5.74) is 0.203. The van der Waals surface area contributed by atoms with Crippen molar-refractivity contribution in [3.05, 3.63) is 40.1 Å². The lowest BCUT2D eigenvalue weighted by Crippen LogP contribution is -2.51. The second-order valence-corrected chi connectivity index (χ2v) is 5.85. The van der Waals surface area contributed by atoms with Gasteiger partial charge in [-0.3, -0.25) is 0 Å². The largest absolute Gasteiger partial charge is 0.507 e. The summed E-state index contributed by atoms with van der Waals surface area (Å²) in [4.78, 5) is 36.2. The molecule has 0 bridgehead atoms. The number of ether oxygens (including phenoxy) is 2. The van der Waals surface area contributed by atoms with Gasteiger partial charge in [0, 0.05) is 5.02 Å². The lowest BCUT2D eigenvalue weighted by molar-refractivity contribution is -0.139. The van der Waals surface area contributed by atoms with Crippen LogP contribution in [0.2, 0.25) is 5.02 Å². The zero-order valence-corrected chi connectivity index (χ0v) is 15.1. The van der Waals surface area contributed by atoms with Gasteiger partial charge >= 0.3 is 18.0 Å². The molecule has 1 aliphatic rings. The predicted octanol–water partition coefficient (Wildman–Crippen LogP) is 2.11. The minimum atomic E-state index is -0.846. The lowest BCUT2D eigenvalue weighted by atomic mass is 10.0. The molecule has 0 aliphatic carbocycles. The molecule has 0 spiro atoms. The molecule has 3 N–H and O–H groups in total. The van der Waals surface area contributed by atoms with Crippen molar-refractivity contribution in [1.29, 1.82) is 0 Å². The number of hydrogen-bond donors (Lipinski definition) is 3. The maximum Gasteiger partial charge on any atom is 0.342 e. The molecular weight excluding hydrogens is 364 g/mol. The van der Waals surface area contributed by atoms with E-state index in [9.17, 15) is 19.5 Å². The smallest absolute Gasteiger partial charge is 0.342 e. The number of phenolic OH excluding ortho intramolecular Hbond substituents is 1. The van der Waals surface area contributed by atoms with E-state index in [1.165, 1.54) is 18.2 Å². The Morgan fingerprint density at radius 1 is 1.23 bits per heavy atom. The summed E-state index contributed by atoms with van der Waals surface area (Å²) in [6.45, 7) is 3.25. The van der Waals surface area contributed by atoms with E-state index < -0.39 is 24.0 Å². The van der Waals surface area contributed by atoms with Crippen molar-refractivity contribution < 1.29 is 29.0 Å². The van der Waals surface area contributed by atoms with Gasteiger partial charge < -0.3 is 25.2 Å². The summed E-state index contributed by atoms with van der Waals surface area (Å²) in [6.07, 6.45) is 0.452. The van der Waals surface area contributed by atoms with Crippen LogP contribution in [0.4, 0.5) is 4.79 Å². The van der Waals surface area contributed by atoms with E-state index in [4.69, 9.17) is 21.1 Å². The van der Waals surface area contributed by atoms with Gasteiger partial charge in [0.25, 0.3) is 0 Å². The minimum Gasteiger partial charge on any atom is -0.507 e. The third-order valence-electron chi connectivity index (χ3n) is 3.67. The van der Waals surface area contributed by atoms with Crippen molar-refractivity contribution in [2.45, 2.75) is 26.3 Å². The van der Waals surface area contributed by atoms with E-state index in [1.807, 2.05) is 0 Å². The number of phenols is 1. The number of nitrogens with one attached hydrogen (secondary N) is 2. The number of benzene rings is 1. The van der Waals surface area contributed by atoms with Crippen LogP contribution in [-0.4, -0.2) is 42.3 Å². The van der Waals surface area contributed by atoms with Gasteiger partial charge in [-0.1, -0.05) is 18.5 Å². The van der Waals surface area contributed by atoms with Gasteiger partial charge in [0.1, 0.15) is 17.9 Å². The van der Waals surface area contributed by atoms with Gasteiger partial charge in [-0.25, -0.2) is 14.4 Å². The van der Waals surface area contributed by atoms with Crippen molar-refractivity contribution in [3.8, 4) is 5.75 Å². The van der Waals surface area contributed by atoms with E-state index in [0.29, 0.717) is 6.42 Å². The molecule has 0 fully saturated rings. The Hall–Kier alpha value is -2.74. The molecule has 140 valence electrons. The number of carbonyl (C=O) groups excluding carboxylic acids is 3. The minimum absolute atomic E-state index is 0.122. The Morgan fingerprint density at radius 3 is 2.62 bits per heavy atom. The zero-order valence-electron chi connectivity index (χ0n) is 14.3. The summed E-state index contributed by atoms with van der Waals surface area (Å²) >= 11 is 5.81. The molecule has 1 aromatic carbocycles. The Morgan fingerprint density at radius 2 is 1.96 bits per heavy atom. The van der Waals surface area contributed by atoms with Crippen molar-refractivity contribution in [1.82, 2.24) is 10.6 Å². The average molecular weight is 383 g/mol. The van der Waals surface area contributed by atoms with Crippen LogP contribution in [0.15, 0.2) is 29.5 Å². The Balaban J connectivity index is 2.24. The highest BCUT2D eigenvalue weighted by atomic mass is 35.5. The quantitative estimate of drug-likeness (QED) is 0.649. The van der Waals surface area contributed by atoms with E-state index in [-0.39, 0.29) is 40.8 Å². The van der Waals surface area contributed by atoms with Gasteiger partial charge in [-0.15, -0.1) is 0 Å². The Bertz CT molecular complexity index is 762. The molecule has 0 unspecified atom stereocenters. The molecule has 0 radical (unpaired) electrons. The first-order valence-corrected chi connectivity index (χ1v) is 8.38. The highest BCUT2D eigenvalue weighted by Crippen LogP contribution is 2.23. The number of esters is 2. The molecule has 0 aromatic heterocycles. The first-order valence-electron chi connectivity index (χ1n) is 8.00. The van der Waals surface area contributed by atoms with Crippen LogP contribution in [0.1, 0.15) is 30.6 Å². The fourth-order valence-corrected chi connectivity index (χ4v) is 2.63. The number of rotatable bonds is 6. The summed E-state index contributed by atoms with van der Waals surface area (Å²) < 4.78 is 10.2. The van der Waals surface area contributed by atoms with Crippen molar-refractivity contribution >= 4 is 29.6 Å². The molecule has 9 heteroatoms. The monoisotopic (exact) mass is 382 g/mol. The van der Waals surface area contributed by atoms with Crippen LogP contribution < -0.4 is 10.6 Å². The number of urea groups is 1. The van der Waals surface area contributed by atoms with Gasteiger partial charge in [0.15, 0.2) is 0 Å². The first kappa shape index (κ1) is 19.6. The molecule has 1 atom stereocenters. The van der Waals surface area contributed by atoms with Crippen LogP contribution in [0, 0.1) is 0 Å². The molecule has 0 saturated heterocycles. The highest BCUT2D eigenvalue weighted by Gasteiger charge is 2.32. The van der Waals surface area contributed by atoms with Crippen LogP contribution in [0.3, 0.4) is 0 Å². The number of amides is 2. The van der Waals surface area contributed by atoms with E-state index in [2.05, 4.69) is 10.6 Å². The number of halogens is 1. The molecule has 1 aromatic rings. The fourth-order valence-electron chi connectivity index (χ4n) is 2.46. The second kappa shape index (κ2) is 8.57. The summed E-state index contributed by atoms with van der Waals surface area (Å²) in [5, 5.41) is 15.1. The third-order valence-corrected chi connectivity index (χ3v) is 3.91. The Labute approximate surface area is 155 Å². The topological polar surface area (TPSA) is 114 Å². The highest BCUT2D eigenvalue weighted by molar-refractivity contribution is 6.31. The summed E-state index contributed by atoms with van der Waals surface area (Å²) in [5.74, 6) is -1.75. The molecule has 26 heavy (non-hydrogen) atoms. The fraction of sp³-hybridized carbons (Fsp3) is 0.353. The molecule has 2 amide bonds. The maximum absolute atomic E-state index is 12.2. The molecule has 1 heterocycles. The van der Waals surface area contributed by atoms with Gasteiger partial charge in [-0.05, 0) is 31.5 Å². The molecular formula is C17H19ClN2O6. The average Bonchev–Trinajstić information content (AvgIpc) is 2.61. The van der Waals surface area contributed by atoms with E-state index >= 15 is 0 Å². The molecule has 1 aliphatic heterocycles. The van der Waals surface area contributed by atoms with E-state index in [0.717, 1.165) is 0 Å². The van der Waals surface area contributed by atoms with Crippen molar-refractivity contribution in [3.63, 3.8) is 0 Å². The van der Waals surface area contributed by atoms with Crippen LogP contribution >= 0.6 is 11.6 Å². The number of hydrogen-bond acceptors (Lipinski definition) is 6. The van der Waals surface area contributed by atoms with Crippen molar-refractivity contribution in [2.24, 2.45) is 0 Å². The van der Waals surface area contributed by atoms with Crippen molar-refractivity contribution in [2.75, 3.05) is 13.2 Å². The normalized spacial score (nSPS) is 16.6. The predicted molar refractivity (Wildman–Crippen MR) is 92.8 cm³/mol. The molecule has 0 saturated carbocycles. The number of carbonyl (C=O) groups is 3. The number of aromatic hydroxyl groups is 1. The SMILES string of the molecule is CCOC(=O)C1=C(COC(=O)c2cc(Cl)ccc2O)NC(=O)N[C@@H]1CC. The second-order valence-electron chi connectivity index (χ2n) is 5.41. The standard InChI is InChI=1S/C17H19ClN2O6/c1-3-11-14(16(23)25-4-2)12(20-17(24)19-11)8-26-15(22)10-7-9(18)5-6-13(10)21/h5-7,11,21H,3-4,8H2,1-2H3,(H2,19,20,24)/t11-/m1/s1. The summed E-state index contributed by atoms with van der Waals surface area (Å²) in [6, 6.07) is 2.88. The third kappa shape index (κ3) is 4.45. The molecule has 2 rings (SSSR count). The van der Waals surface area contributed by atoms with E-state index in [1.54, 1.807) is 13.8 Å². The van der Waals surface area contributed by atoms with Gasteiger partial charge in [0.05, 0.1) is 23.9 Å². The summed E-state index contributed by atoms with van der Waals surface area (Å²) in [7, 11) is 0. The Kier molecular flexibility index (Phi) is 6.46. The first-order chi connectivity index (χ1) is 12.4. The lowest BCUT2D eigenvalue weighted by Gasteiger charge is -2.28. The van der Waals surface area contributed by atoms with Crippen LogP contribution in [0.5, 0.6) is 5.75 Å².